The molecule has 0 heterocycles. The van der Waals surface area contributed by atoms with Crippen LogP contribution in [0.4, 0.5) is 0 Å². The Balaban J connectivity index is 3.25. The Kier molecular flexibility index (Phi) is 6.14. The lowest BCUT2D eigenvalue weighted by molar-refractivity contribution is -0.138. The van der Waals surface area contributed by atoms with E-state index in [1.165, 1.54) is 11.8 Å². The summed E-state index contributed by atoms with van der Waals surface area (Å²) in [6, 6.07) is -0.772. The predicted octanol–water partition coefficient (Wildman–Crippen LogP) is -0.0976. The highest BCUT2D eigenvalue weighted by atomic mass is 32.2. The molecule has 0 saturated carbocycles. The average Bonchev–Trinajstić information content (AvgIpc) is 1.97. The summed E-state index contributed by atoms with van der Waals surface area (Å²) < 4.78 is 0. The fraction of sp³-hybridized carbons (Fsp3) is 0.857. The molecule has 5 heteroatoms. The first-order valence-electron chi connectivity index (χ1n) is 3.78. The third kappa shape index (κ3) is 6.45. The number of nitrogens with two attached hydrogens (primary N) is 1. The molecule has 72 valence electrons. The van der Waals surface area contributed by atoms with Gasteiger partial charge in [-0.3, -0.25) is 4.79 Å². The van der Waals surface area contributed by atoms with E-state index in [2.05, 4.69) is 0 Å². The highest BCUT2D eigenvalue weighted by Gasteiger charge is 2.10. The van der Waals surface area contributed by atoms with Gasteiger partial charge in [0.2, 0.25) is 0 Å². The highest BCUT2D eigenvalue weighted by Crippen LogP contribution is 2.05. The normalized spacial score (nSPS) is 15.6. The third-order valence-electron chi connectivity index (χ3n) is 1.25. The number of hydrogen-bond acceptors (Lipinski definition) is 4. The SMILES string of the molecule is CC(O)CSCCC(N)C(=O)O. The van der Waals surface area contributed by atoms with Crippen LogP contribution in [-0.2, 0) is 4.79 Å². The van der Waals surface area contributed by atoms with Gasteiger partial charge >= 0.3 is 5.97 Å². The number of thioether (sulfide) groups is 1. The molecule has 0 aliphatic carbocycles. The summed E-state index contributed by atoms with van der Waals surface area (Å²) in [4.78, 5) is 10.2. The molecule has 0 aliphatic rings. The van der Waals surface area contributed by atoms with Gasteiger partial charge in [-0.25, -0.2) is 0 Å². The molecule has 0 aromatic carbocycles. The lowest BCUT2D eigenvalue weighted by Gasteiger charge is -2.06. The minimum atomic E-state index is -0.965. The Morgan fingerprint density at radius 1 is 1.67 bits per heavy atom. The fourth-order valence-corrected chi connectivity index (χ4v) is 1.52. The van der Waals surface area contributed by atoms with Gasteiger partial charge in [-0.2, -0.15) is 11.8 Å². The topological polar surface area (TPSA) is 83.5 Å². The maximum Gasteiger partial charge on any atom is 0.320 e. The molecular weight excluding hydrogens is 178 g/mol. The summed E-state index contributed by atoms with van der Waals surface area (Å²) in [5.41, 5.74) is 5.26. The number of carboxylic acids is 1. The molecule has 0 bridgehead atoms. The zero-order chi connectivity index (χ0) is 9.56. The van der Waals surface area contributed by atoms with Crippen molar-refractivity contribution in [2.24, 2.45) is 5.73 Å². The first kappa shape index (κ1) is 11.7. The van der Waals surface area contributed by atoms with Crippen LogP contribution < -0.4 is 5.73 Å². The van der Waals surface area contributed by atoms with Gasteiger partial charge in [-0.15, -0.1) is 0 Å². The monoisotopic (exact) mass is 193 g/mol. The van der Waals surface area contributed by atoms with Crippen molar-refractivity contribution in [3.05, 3.63) is 0 Å². The van der Waals surface area contributed by atoms with Crippen molar-refractivity contribution in [3.8, 4) is 0 Å². The molecule has 4 N–H and O–H groups in total. The van der Waals surface area contributed by atoms with Crippen LogP contribution in [-0.4, -0.2) is 39.8 Å². The molecule has 4 nitrogen and oxygen atoms in total. The highest BCUT2D eigenvalue weighted by molar-refractivity contribution is 7.99. The molecule has 0 radical (unpaired) electrons. The summed E-state index contributed by atoms with van der Waals surface area (Å²) in [5, 5.41) is 17.3. The minimum absolute atomic E-state index is 0.337. The maximum absolute atomic E-state index is 10.2. The van der Waals surface area contributed by atoms with Gasteiger partial charge in [-0.05, 0) is 19.1 Å². The Morgan fingerprint density at radius 2 is 2.25 bits per heavy atom. The van der Waals surface area contributed by atoms with Crippen molar-refractivity contribution in [1.82, 2.24) is 0 Å². The molecule has 0 amide bonds. The van der Waals surface area contributed by atoms with Crippen LogP contribution in [0.2, 0.25) is 0 Å². The quantitative estimate of drug-likeness (QED) is 0.513. The zero-order valence-electron chi connectivity index (χ0n) is 7.06. The number of aliphatic hydroxyl groups excluding tert-OH is 1. The number of carboxylic acid groups (broad SMARTS) is 1. The largest absolute Gasteiger partial charge is 0.480 e. The second-order valence-electron chi connectivity index (χ2n) is 2.66. The fourth-order valence-electron chi connectivity index (χ4n) is 0.588. The van der Waals surface area contributed by atoms with E-state index in [1.807, 2.05) is 0 Å². The van der Waals surface area contributed by atoms with Crippen molar-refractivity contribution in [2.45, 2.75) is 25.5 Å². The number of hydrogen-bond donors (Lipinski definition) is 3. The van der Waals surface area contributed by atoms with E-state index in [9.17, 15) is 4.79 Å². The molecular formula is C7H15NO3S. The molecule has 0 aromatic heterocycles. The average molecular weight is 193 g/mol. The van der Waals surface area contributed by atoms with E-state index in [-0.39, 0.29) is 6.10 Å². The first-order valence-corrected chi connectivity index (χ1v) is 4.93. The van der Waals surface area contributed by atoms with Crippen molar-refractivity contribution in [3.63, 3.8) is 0 Å². The summed E-state index contributed by atoms with van der Waals surface area (Å²) in [7, 11) is 0. The maximum atomic E-state index is 10.2. The van der Waals surface area contributed by atoms with Crippen LogP contribution in [0.1, 0.15) is 13.3 Å². The van der Waals surface area contributed by atoms with Crippen LogP contribution in [0.25, 0.3) is 0 Å². The van der Waals surface area contributed by atoms with Gasteiger partial charge in [0.25, 0.3) is 0 Å². The van der Waals surface area contributed by atoms with Crippen molar-refractivity contribution in [2.75, 3.05) is 11.5 Å². The lowest BCUT2D eigenvalue weighted by atomic mass is 10.2. The minimum Gasteiger partial charge on any atom is -0.480 e. The summed E-state index contributed by atoms with van der Waals surface area (Å²) in [6.45, 7) is 1.70. The smallest absolute Gasteiger partial charge is 0.320 e. The summed E-state index contributed by atoms with van der Waals surface area (Å²) in [5.74, 6) is 0.345. The van der Waals surface area contributed by atoms with Crippen molar-refractivity contribution < 1.29 is 15.0 Å². The zero-order valence-corrected chi connectivity index (χ0v) is 7.88. The summed E-state index contributed by atoms with van der Waals surface area (Å²) in [6.07, 6.45) is 0.114. The van der Waals surface area contributed by atoms with Crippen LogP contribution in [0.3, 0.4) is 0 Å². The molecule has 12 heavy (non-hydrogen) atoms. The van der Waals surface area contributed by atoms with Crippen LogP contribution in [0, 0.1) is 0 Å². The van der Waals surface area contributed by atoms with Crippen LogP contribution >= 0.6 is 11.8 Å². The Labute approximate surface area is 76.1 Å². The van der Waals surface area contributed by atoms with Crippen molar-refractivity contribution in [1.29, 1.82) is 0 Å². The third-order valence-corrected chi connectivity index (χ3v) is 2.49. The number of aliphatic hydroxyl groups is 1. The molecule has 0 saturated heterocycles. The second-order valence-corrected chi connectivity index (χ2v) is 3.81. The molecule has 2 atom stereocenters. The molecule has 2 unspecified atom stereocenters. The standard InChI is InChI=1S/C7H15NO3S/c1-5(9)4-12-3-2-6(8)7(10)11/h5-6,9H,2-4,8H2,1H3,(H,10,11). The van der Waals surface area contributed by atoms with E-state index in [4.69, 9.17) is 15.9 Å². The van der Waals surface area contributed by atoms with E-state index < -0.39 is 12.0 Å². The number of carbonyl (C=O) groups is 1. The Bertz CT molecular complexity index is 141. The van der Waals surface area contributed by atoms with Gasteiger partial charge in [0, 0.05) is 5.75 Å². The van der Waals surface area contributed by atoms with E-state index >= 15 is 0 Å². The van der Waals surface area contributed by atoms with Gasteiger partial charge in [-0.1, -0.05) is 0 Å². The summed E-state index contributed by atoms with van der Waals surface area (Å²) >= 11 is 1.51. The second kappa shape index (κ2) is 6.28. The van der Waals surface area contributed by atoms with E-state index in [0.29, 0.717) is 17.9 Å². The van der Waals surface area contributed by atoms with Gasteiger partial charge in [0.1, 0.15) is 6.04 Å². The van der Waals surface area contributed by atoms with Crippen molar-refractivity contribution >= 4 is 17.7 Å². The molecule has 0 aromatic rings. The predicted molar refractivity (Wildman–Crippen MR) is 49.2 cm³/mol. The van der Waals surface area contributed by atoms with Crippen LogP contribution in [0.15, 0.2) is 0 Å². The first-order chi connectivity index (χ1) is 5.54. The van der Waals surface area contributed by atoms with Gasteiger partial charge in [0.15, 0.2) is 0 Å². The number of aliphatic carboxylic acids is 1. The Morgan fingerprint density at radius 3 is 2.67 bits per heavy atom. The Hall–Kier alpha value is -0.260. The molecule has 0 aliphatic heterocycles. The lowest BCUT2D eigenvalue weighted by Crippen LogP contribution is -2.30. The van der Waals surface area contributed by atoms with Gasteiger partial charge in [0.05, 0.1) is 6.10 Å². The van der Waals surface area contributed by atoms with E-state index in [0.717, 1.165) is 0 Å². The van der Waals surface area contributed by atoms with Gasteiger partial charge < -0.3 is 15.9 Å². The molecule has 0 spiro atoms. The number of rotatable bonds is 6. The molecule has 0 rings (SSSR count). The van der Waals surface area contributed by atoms with Crippen LogP contribution in [0.5, 0.6) is 0 Å². The molecule has 0 fully saturated rings. The van der Waals surface area contributed by atoms with E-state index in [1.54, 1.807) is 6.92 Å².